The van der Waals surface area contributed by atoms with E-state index in [9.17, 15) is 4.79 Å². The third-order valence-electron chi connectivity index (χ3n) is 3.90. The molecule has 0 aromatic heterocycles. The normalized spacial score (nSPS) is 19.1. The van der Waals surface area contributed by atoms with Gasteiger partial charge in [-0.05, 0) is 30.2 Å². The number of nitrogens with one attached hydrogen (secondary N) is 1. The van der Waals surface area contributed by atoms with E-state index in [1.807, 2.05) is 61.5 Å². The Morgan fingerprint density at radius 3 is 2.73 bits per heavy atom. The molecule has 22 heavy (non-hydrogen) atoms. The van der Waals surface area contributed by atoms with E-state index in [0.717, 1.165) is 22.4 Å². The van der Waals surface area contributed by atoms with Gasteiger partial charge in [0.2, 0.25) is 5.90 Å². The lowest BCUT2D eigenvalue weighted by atomic mass is 10.0. The zero-order valence-electron chi connectivity index (χ0n) is 12.0. The van der Waals surface area contributed by atoms with Crippen LogP contribution in [-0.4, -0.2) is 11.8 Å². The van der Waals surface area contributed by atoms with Gasteiger partial charge in [-0.3, -0.25) is 4.79 Å². The molecule has 1 N–H and O–H groups in total. The van der Waals surface area contributed by atoms with Gasteiger partial charge in [-0.15, -0.1) is 0 Å². The minimum absolute atomic E-state index is 0.159. The number of rotatable bonds is 1. The van der Waals surface area contributed by atoms with Crippen molar-refractivity contribution in [3.63, 3.8) is 0 Å². The summed E-state index contributed by atoms with van der Waals surface area (Å²) >= 11 is 0. The summed E-state index contributed by atoms with van der Waals surface area (Å²) in [5.41, 5.74) is 3.43. The molecule has 2 aliphatic rings. The van der Waals surface area contributed by atoms with E-state index in [-0.39, 0.29) is 5.91 Å². The van der Waals surface area contributed by atoms with Crippen molar-refractivity contribution >= 4 is 17.9 Å². The highest BCUT2D eigenvalue weighted by Gasteiger charge is 2.31. The Bertz CT molecular complexity index is 836. The number of ether oxygens (including phenoxy) is 1. The van der Waals surface area contributed by atoms with Gasteiger partial charge in [-0.1, -0.05) is 42.5 Å². The third kappa shape index (κ3) is 2.00. The smallest absolute Gasteiger partial charge is 0.258 e. The molecule has 0 spiro atoms. The van der Waals surface area contributed by atoms with Gasteiger partial charge in [0.05, 0.1) is 0 Å². The molecule has 0 saturated carbocycles. The van der Waals surface area contributed by atoms with Gasteiger partial charge < -0.3 is 10.1 Å². The zero-order valence-corrected chi connectivity index (χ0v) is 12.0. The van der Waals surface area contributed by atoms with E-state index in [0.29, 0.717) is 11.5 Å². The van der Waals surface area contributed by atoms with Crippen molar-refractivity contribution in [3.8, 4) is 5.75 Å². The molecule has 1 amide bonds. The van der Waals surface area contributed by atoms with E-state index in [2.05, 4.69) is 10.3 Å². The molecule has 0 bridgehead atoms. The van der Waals surface area contributed by atoms with Crippen LogP contribution in [-0.2, 0) is 4.79 Å². The first-order chi connectivity index (χ1) is 10.7. The molecule has 2 heterocycles. The summed E-state index contributed by atoms with van der Waals surface area (Å²) in [6.45, 7) is 2.00. The summed E-state index contributed by atoms with van der Waals surface area (Å²) in [5, 5.41) is 2.93. The van der Waals surface area contributed by atoms with Crippen LogP contribution < -0.4 is 10.1 Å². The topological polar surface area (TPSA) is 50.7 Å². The van der Waals surface area contributed by atoms with E-state index < -0.39 is 6.17 Å². The molecule has 2 aromatic rings. The number of hydrogen-bond acceptors (Lipinski definition) is 3. The number of benzene rings is 2. The molecular weight excluding hydrogens is 276 g/mol. The van der Waals surface area contributed by atoms with Crippen LogP contribution in [0.3, 0.4) is 0 Å². The highest BCUT2D eigenvalue weighted by Crippen LogP contribution is 2.31. The van der Waals surface area contributed by atoms with Gasteiger partial charge >= 0.3 is 0 Å². The van der Waals surface area contributed by atoms with Crippen LogP contribution in [0.25, 0.3) is 6.08 Å². The first-order valence-corrected chi connectivity index (χ1v) is 7.15. The van der Waals surface area contributed by atoms with Crippen molar-refractivity contribution in [2.75, 3.05) is 0 Å². The van der Waals surface area contributed by atoms with Gasteiger partial charge in [0.1, 0.15) is 11.3 Å². The predicted molar refractivity (Wildman–Crippen MR) is 84.5 cm³/mol. The average molecular weight is 290 g/mol. The maximum absolute atomic E-state index is 12.4. The highest BCUT2D eigenvalue weighted by molar-refractivity contribution is 6.24. The summed E-state index contributed by atoms with van der Waals surface area (Å²) < 4.78 is 5.82. The predicted octanol–water partition coefficient (Wildman–Crippen LogP) is 3.00. The van der Waals surface area contributed by atoms with Crippen LogP contribution in [0.4, 0.5) is 0 Å². The Morgan fingerprint density at radius 2 is 1.86 bits per heavy atom. The molecule has 0 fully saturated rings. The van der Waals surface area contributed by atoms with Crippen molar-refractivity contribution in [3.05, 3.63) is 70.8 Å². The van der Waals surface area contributed by atoms with Crippen molar-refractivity contribution < 1.29 is 9.53 Å². The van der Waals surface area contributed by atoms with Crippen LogP contribution in [0.5, 0.6) is 5.75 Å². The Kier molecular flexibility index (Phi) is 2.82. The summed E-state index contributed by atoms with van der Waals surface area (Å²) in [6, 6.07) is 15.5. The monoisotopic (exact) mass is 290 g/mol. The number of carbonyl (C=O) groups excluding carboxylic acids is 1. The number of carbonyl (C=O) groups is 1. The van der Waals surface area contributed by atoms with E-state index >= 15 is 0 Å². The van der Waals surface area contributed by atoms with Crippen LogP contribution >= 0.6 is 0 Å². The molecule has 1 atom stereocenters. The van der Waals surface area contributed by atoms with Gasteiger partial charge in [0.15, 0.2) is 6.17 Å². The van der Waals surface area contributed by atoms with Gasteiger partial charge in [0, 0.05) is 5.56 Å². The number of aliphatic imine (C=N–C) groups is 1. The van der Waals surface area contributed by atoms with Crippen LogP contribution in [0.2, 0.25) is 0 Å². The highest BCUT2D eigenvalue weighted by atomic mass is 16.5. The first-order valence-electron chi connectivity index (χ1n) is 7.15. The van der Waals surface area contributed by atoms with E-state index in [4.69, 9.17) is 4.74 Å². The fraction of sp³-hybridized carbons (Fsp3) is 0.111. The SMILES string of the molecule is Cc1ccccc1[C@H]1N=C2Oc3ccccc3C=C2C(=O)N1. The Morgan fingerprint density at radius 1 is 1.09 bits per heavy atom. The van der Waals surface area contributed by atoms with Crippen LogP contribution in [0.1, 0.15) is 22.9 Å². The summed E-state index contributed by atoms with van der Waals surface area (Å²) in [5.74, 6) is 0.951. The summed E-state index contributed by atoms with van der Waals surface area (Å²) in [4.78, 5) is 17.0. The Balaban J connectivity index is 1.79. The van der Waals surface area contributed by atoms with Crippen molar-refractivity contribution in [2.45, 2.75) is 13.1 Å². The van der Waals surface area contributed by atoms with Gasteiger partial charge in [0.25, 0.3) is 5.91 Å². The number of para-hydroxylation sites is 1. The number of hydrogen-bond donors (Lipinski definition) is 1. The lowest BCUT2D eigenvalue weighted by Gasteiger charge is -2.27. The van der Waals surface area contributed by atoms with Crippen molar-refractivity contribution in [2.24, 2.45) is 4.99 Å². The maximum atomic E-state index is 12.4. The number of nitrogens with zero attached hydrogens (tertiary/aromatic N) is 1. The zero-order chi connectivity index (χ0) is 15.1. The largest absolute Gasteiger partial charge is 0.438 e. The molecule has 2 aromatic carbocycles. The second-order valence-corrected chi connectivity index (χ2v) is 5.36. The first kappa shape index (κ1) is 12.8. The summed E-state index contributed by atoms with van der Waals surface area (Å²) in [7, 11) is 0. The lowest BCUT2D eigenvalue weighted by Crippen LogP contribution is -2.39. The van der Waals surface area contributed by atoms with Crippen LogP contribution in [0.15, 0.2) is 59.1 Å². The second kappa shape index (κ2) is 4.84. The lowest BCUT2D eigenvalue weighted by molar-refractivity contribution is -0.118. The quantitative estimate of drug-likeness (QED) is 0.877. The molecule has 0 unspecified atom stereocenters. The summed E-state index contributed by atoms with van der Waals surface area (Å²) in [6.07, 6.45) is 1.41. The minimum Gasteiger partial charge on any atom is -0.438 e. The van der Waals surface area contributed by atoms with Crippen molar-refractivity contribution in [1.82, 2.24) is 5.32 Å². The number of aryl methyl sites for hydroxylation is 1. The molecular formula is C18H14N2O2. The number of amides is 1. The molecule has 2 aliphatic heterocycles. The van der Waals surface area contributed by atoms with Gasteiger partial charge in [-0.25, -0.2) is 4.99 Å². The van der Waals surface area contributed by atoms with Crippen LogP contribution in [0, 0.1) is 6.92 Å². The molecule has 0 radical (unpaired) electrons. The molecule has 0 aliphatic carbocycles. The Labute approximate surface area is 128 Å². The standard InChI is InChI=1S/C18H14N2O2/c1-11-6-2-4-8-13(11)16-19-17(21)14-10-12-7-3-5-9-15(12)22-18(14)20-16/h2-10,16H,1H3,(H,19,21)/t16-/m1/s1. The third-order valence-corrected chi connectivity index (χ3v) is 3.90. The fourth-order valence-corrected chi connectivity index (χ4v) is 2.72. The van der Waals surface area contributed by atoms with E-state index in [1.165, 1.54) is 0 Å². The number of fused-ring (bicyclic) bond motifs is 2. The fourth-order valence-electron chi connectivity index (χ4n) is 2.72. The second-order valence-electron chi connectivity index (χ2n) is 5.36. The minimum atomic E-state index is -0.411. The molecule has 4 heteroatoms. The molecule has 108 valence electrons. The molecule has 0 saturated heterocycles. The van der Waals surface area contributed by atoms with E-state index in [1.54, 1.807) is 0 Å². The molecule has 4 rings (SSSR count). The maximum Gasteiger partial charge on any atom is 0.258 e. The Hall–Kier alpha value is -2.88. The van der Waals surface area contributed by atoms with Crippen molar-refractivity contribution in [1.29, 1.82) is 0 Å². The molecule has 4 nitrogen and oxygen atoms in total. The average Bonchev–Trinajstić information content (AvgIpc) is 2.53. The van der Waals surface area contributed by atoms with Gasteiger partial charge in [-0.2, -0.15) is 0 Å².